The van der Waals surface area contributed by atoms with Gasteiger partial charge in [-0.05, 0) is 36.1 Å². The van der Waals surface area contributed by atoms with Crippen LogP contribution in [0.5, 0.6) is 0 Å². The zero-order chi connectivity index (χ0) is 19.2. The second-order valence-corrected chi connectivity index (χ2v) is 7.06. The number of nitrogens with zero attached hydrogens (tertiary/aromatic N) is 2. The molecule has 2 N–H and O–H groups in total. The van der Waals surface area contributed by atoms with Crippen LogP contribution >= 0.6 is 0 Å². The Morgan fingerprint density at radius 2 is 1.41 bits per heavy atom. The normalized spacial score (nSPS) is 14.3. The molecular formula is C22H27N3O2. The van der Waals surface area contributed by atoms with Gasteiger partial charge in [-0.2, -0.15) is 0 Å². The number of nitrogen functional groups attached to an aromatic ring is 1. The molecule has 2 aromatic carbocycles. The number of piperazine rings is 1. The van der Waals surface area contributed by atoms with Crippen LogP contribution in [0.4, 0.5) is 5.69 Å². The first kappa shape index (κ1) is 19.0. The quantitative estimate of drug-likeness (QED) is 0.828. The summed E-state index contributed by atoms with van der Waals surface area (Å²) in [6.07, 6.45) is 1.53. The van der Waals surface area contributed by atoms with Gasteiger partial charge in [0, 0.05) is 38.3 Å². The van der Waals surface area contributed by atoms with Gasteiger partial charge in [0.15, 0.2) is 0 Å². The number of hydrogen-bond donors (Lipinski definition) is 1. The summed E-state index contributed by atoms with van der Waals surface area (Å²) in [6.45, 7) is 4.43. The Labute approximate surface area is 160 Å². The first-order valence-electron chi connectivity index (χ1n) is 9.48. The zero-order valence-electron chi connectivity index (χ0n) is 15.9. The highest BCUT2D eigenvalue weighted by atomic mass is 16.2. The summed E-state index contributed by atoms with van der Waals surface area (Å²) in [5.74, 6) is 0.262. The van der Waals surface area contributed by atoms with Crippen LogP contribution < -0.4 is 5.73 Å². The van der Waals surface area contributed by atoms with Gasteiger partial charge in [-0.25, -0.2) is 0 Å². The van der Waals surface area contributed by atoms with Crippen LogP contribution in [0.3, 0.4) is 0 Å². The number of rotatable bonds is 5. The maximum absolute atomic E-state index is 12.6. The molecule has 0 bridgehead atoms. The topological polar surface area (TPSA) is 66.6 Å². The summed E-state index contributed by atoms with van der Waals surface area (Å²) in [7, 11) is 0. The zero-order valence-corrected chi connectivity index (χ0v) is 15.9. The van der Waals surface area contributed by atoms with E-state index in [1.807, 2.05) is 65.3 Å². The Balaban J connectivity index is 1.47. The number of aryl methyl sites for hydroxylation is 2. The monoisotopic (exact) mass is 365 g/mol. The first-order chi connectivity index (χ1) is 13.0. The Morgan fingerprint density at radius 1 is 0.852 bits per heavy atom. The molecule has 0 aromatic heterocycles. The van der Waals surface area contributed by atoms with Crippen molar-refractivity contribution in [1.82, 2.24) is 9.80 Å². The third-order valence-corrected chi connectivity index (χ3v) is 5.25. The Kier molecular flexibility index (Phi) is 6.12. The summed E-state index contributed by atoms with van der Waals surface area (Å²) in [5, 5.41) is 0. The van der Waals surface area contributed by atoms with Crippen molar-refractivity contribution in [2.24, 2.45) is 0 Å². The van der Waals surface area contributed by atoms with Crippen LogP contribution in [-0.2, 0) is 22.4 Å². The van der Waals surface area contributed by atoms with Crippen molar-refractivity contribution in [3.63, 3.8) is 0 Å². The van der Waals surface area contributed by atoms with Crippen molar-refractivity contribution < 1.29 is 9.59 Å². The summed E-state index contributed by atoms with van der Waals surface area (Å²) in [6, 6.07) is 15.6. The minimum absolute atomic E-state index is 0.129. The van der Waals surface area contributed by atoms with E-state index in [1.165, 1.54) is 0 Å². The smallest absolute Gasteiger partial charge is 0.227 e. The van der Waals surface area contributed by atoms with Crippen LogP contribution in [0.1, 0.15) is 23.1 Å². The predicted octanol–water partition coefficient (Wildman–Crippen LogP) is 2.42. The molecule has 27 heavy (non-hydrogen) atoms. The van der Waals surface area contributed by atoms with Crippen LogP contribution in [0, 0.1) is 6.92 Å². The molecular weight excluding hydrogens is 338 g/mol. The summed E-state index contributed by atoms with van der Waals surface area (Å²) >= 11 is 0. The molecule has 5 nitrogen and oxygen atoms in total. The fraction of sp³-hybridized carbons (Fsp3) is 0.364. The van der Waals surface area contributed by atoms with Gasteiger partial charge in [0.05, 0.1) is 6.42 Å². The van der Waals surface area contributed by atoms with Crippen molar-refractivity contribution in [1.29, 1.82) is 0 Å². The Morgan fingerprint density at radius 3 is 2.04 bits per heavy atom. The average molecular weight is 365 g/mol. The molecule has 2 aromatic rings. The summed E-state index contributed by atoms with van der Waals surface area (Å²) in [4.78, 5) is 28.8. The van der Waals surface area contributed by atoms with Gasteiger partial charge >= 0.3 is 0 Å². The van der Waals surface area contributed by atoms with E-state index >= 15 is 0 Å². The molecule has 0 unspecified atom stereocenters. The summed E-state index contributed by atoms with van der Waals surface area (Å²) in [5.41, 5.74) is 9.90. The molecule has 1 heterocycles. The van der Waals surface area contributed by atoms with Crippen LogP contribution in [0.25, 0.3) is 0 Å². The maximum Gasteiger partial charge on any atom is 0.227 e. The SMILES string of the molecule is Cc1ccccc1CC(=O)N1CCN(C(=O)CCc2ccccc2N)CC1. The number of anilines is 1. The van der Waals surface area contributed by atoms with Gasteiger partial charge in [-0.15, -0.1) is 0 Å². The number of amides is 2. The lowest BCUT2D eigenvalue weighted by Gasteiger charge is -2.35. The fourth-order valence-electron chi connectivity index (χ4n) is 3.45. The number of benzene rings is 2. The Hall–Kier alpha value is -2.82. The molecule has 1 fully saturated rings. The lowest BCUT2D eigenvalue weighted by molar-refractivity contribution is -0.139. The minimum atomic E-state index is 0.129. The fourth-order valence-corrected chi connectivity index (χ4v) is 3.45. The van der Waals surface area contributed by atoms with Gasteiger partial charge in [-0.1, -0.05) is 42.5 Å². The van der Waals surface area contributed by atoms with Gasteiger partial charge in [0.25, 0.3) is 0 Å². The lowest BCUT2D eigenvalue weighted by atomic mass is 10.0. The van der Waals surface area contributed by atoms with Crippen molar-refractivity contribution >= 4 is 17.5 Å². The number of carbonyl (C=O) groups excluding carboxylic acids is 2. The molecule has 1 saturated heterocycles. The van der Waals surface area contributed by atoms with E-state index in [0.717, 1.165) is 22.4 Å². The van der Waals surface area contributed by atoms with E-state index < -0.39 is 0 Å². The minimum Gasteiger partial charge on any atom is -0.399 e. The maximum atomic E-state index is 12.6. The van der Waals surface area contributed by atoms with Crippen LogP contribution in [-0.4, -0.2) is 47.8 Å². The van der Waals surface area contributed by atoms with Gasteiger partial charge < -0.3 is 15.5 Å². The Bertz CT molecular complexity index is 811. The van der Waals surface area contributed by atoms with E-state index in [4.69, 9.17) is 5.73 Å². The van der Waals surface area contributed by atoms with Crippen LogP contribution in [0.15, 0.2) is 48.5 Å². The van der Waals surface area contributed by atoms with Gasteiger partial charge in [0.2, 0.25) is 11.8 Å². The number of carbonyl (C=O) groups is 2. The van der Waals surface area contributed by atoms with E-state index in [1.54, 1.807) is 0 Å². The van der Waals surface area contributed by atoms with Gasteiger partial charge in [-0.3, -0.25) is 9.59 Å². The molecule has 1 aliphatic rings. The third kappa shape index (κ3) is 4.88. The molecule has 0 spiro atoms. The molecule has 2 amide bonds. The average Bonchev–Trinajstić information content (AvgIpc) is 2.69. The van der Waals surface area contributed by atoms with Crippen molar-refractivity contribution in [2.45, 2.75) is 26.2 Å². The molecule has 0 atom stereocenters. The molecule has 5 heteroatoms. The third-order valence-electron chi connectivity index (χ3n) is 5.25. The predicted molar refractivity (Wildman–Crippen MR) is 107 cm³/mol. The standard InChI is InChI=1S/C22H27N3O2/c1-17-6-2-3-8-19(17)16-22(27)25-14-12-24(13-15-25)21(26)11-10-18-7-4-5-9-20(18)23/h2-9H,10-16,23H2,1H3. The number of nitrogens with two attached hydrogens (primary N) is 1. The molecule has 142 valence electrons. The lowest BCUT2D eigenvalue weighted by Crippen LogP contribution is -2.51. The first-order valence-corrected chi connectivity index (χ1v) is 9.48. The molecule has 1 aliphatic heterocycles. The number of para-hydroxylation sites is 1. The highest BCUT2D eigenvalue weighted by Gasteiger charge is 2.24. The molecule has 0 saturated carbocycles. The molecule has 0 aliphatic carbocycles. The highest BCUT2D eigenvalue weighted by molar-refractivity contribution is 5.80. The second kappa shape index (κ2) is 8.71. The largest absolute Gasteiger partial charge is 0.399 e. The van der Waals surface area contributed by atoms with E-state index in [-0.39, 0.29) is 11.8 Å². The molecule has 0 radical (unpaired) electrons. The summed E-state index contributed by atoms with van der Waals surface area (Å²) < 4.78 is 0. The number of hydrogen-bond acceptors (Lipinski definition) is 3. The van der Waals surface area contributed by atoms with Crippen molar-refractivity contribution in [2.75, 3.05) is 31.9 Å². The van der Waals surface area contributed by atoms with Crippen LogP contribution in [0.2, 0.25) is 0 Å². The van der Waals surface area contributed by atoms with E-state index in [9.17, 15) is 9.59 Å². The van der Waals surface area contributed by atoms with Crippen molar-refractivity contribution in [3.8, 4) is 0 Å². The van der Waals surface area contributed by atoms with E-state index in [0.29, 0.717) is 45.4 Å². The highest BCUT2D eigenvalue weighted by Crippen LogP contribution is 2.15. The van der Waals surface area contributed by atoms with E-state index in [2.05, 4.69) is 0 Å². The second-order valence-electron chi connectivity index (χ2n) is 7.06. The molecule has 3 rings (SSSR count). The van der Waals surface area contributed by atoms with Gasteiger partial charge in [0.1, 0.15) is 0 Å². The van der Waals surface area contributed by atoms with Crippen molar-refractivity contribution in [3.05, 3.63) is 65.2 Å².